The third kappa shape index (κ3) is 3.29. The van der Waals surface area contributed by atoms with Gasteiger partial charge in [-0.25, -0.2) is 9.37 Å². The van der Waals surface area contributed by atoms with Crippen molar-refractivity contribution in [1.82, 2.24) is 4.98 Å². The van der Waals surface area contributed by atoms with Crippen LogP contribution in [0.3, 0.4) is 0 Å². The van der Waals surface area contributed by atoms with Crippen molar-refractivity contribution in [3.05, 3.63) is 40.7 Å². The summed E-state index contributed by atoms with van der Waals surface area (Å²) in [4.78, 5) is 16.5. The zero-order valence-corrected chi connectivity index (χ0v) is 13.4. The van der Waals surface area contributed by atoms with Gasteiger partial charge in [0.2, 0.25) is 0 Å². The number of halogens is 1. The number of carbonyl (C=O) groups is 1. The summed E-state index contributed by atoms with van der Waals surface area (Å²) in [6, 6.07) is 4.80. The second kappa shape index (κ2) is 5.93. The minimum absolute atomic E-state index is 0.286. The Morgan fingerprint density at radius 2 is 2.10 bits per heavy atom. The summed E-state index contributed by atoms with van der Waals surface area (Å²) in [7, 11) is 0. The van der Waals surface area contributed by atoms with E-state index in [-0.39, 0.29) is 11.8 Å². The van der Waals surface area contributed by atoms with E-state index in [0.29, 0.717) is 17.3 Å². The Hall–Kier alpha value is -1.75. The minimum Gasteiger partial charge on any atom is -0.465 e. The normalized spacial score (nSPS) is 11.5. The molecule has 0 aliphatic carbocycles. The highest BCUT2D eigenvalue weighted by Gasteiger charge is 2.34. The molecule has 2 aromatic rings. The largest absolute Gasteiger partial charge is 0.465 e. The number of carbonyl (C=O) groups excluding carboxylic acids is 1. The van der Waals surface area contributed by atoms with Gasteiger partial charge in [0, 0.05) is 10.9 Å². The van der Waals surface area contributed by atoms with Crippen molar-refractivity contribution < 1.29 is 13.9 Å². The van der Waals surface area contributed by atoms with E-state index in [1.807, 2.05) is 18.4 Å². The van der Waals surface area contributed by atoms with Crippen LogP contribution in [0.15, 0.2) is 23.6 Å². The average Bonchev–Trinajstić information content (AvgIpc) is 2.88. The maximum atomic E-state index is 13.5. The Kier molecular flexibility index (Phi) is 4.42. The van der Waals surface area contributed by atoms with Crippen LogP contribution in [0.1, 0.15) is 32.0 Å². The molecule has 112 valence electrons. The highest BCUT2D eigenvalue weighted by molar-refractivity contribution is 7.13. The Balaban J connectivity index is 2.35. The van der Waals surface area contributed by atoms with Crippen molar-refractivity contribution >= 4 is 17.3 Å². The quantitative estimate of drug-likeness (QED) is 0.798. The van der Waals surface area contributed by atoms with Gasteiger partial charge in [0.15, 0.2) is 0 Å². The topological polar surface area (TPSA) is 39.2 Å². The van der Waals surface area contributed by atoms with E-state index in [2.05, 4.69) is 4.98 Å². The van der Waals surface area contributed by atoms with E-state index in [0.717, 1.165) is 11.1 Å². The zero-order chi connectivity index (χ0) is 15.6. The lowest BCUT2D eigenvalue weighted by atomic mass is 9.90. The first kappa shape index (κ1) is 15.6. The van der Waals surface area contributed by atoms with Crippen LogP contribution in [0, 0.1) is 12.7 Å². The fraction of sp³-hybridized carbons (Fsp3) is 0.375. The number of hydrogen-bond acceptors (Lipinski definition) is 4. The molecule has 1 aromatic carbocycles. The molecular formula is C16H18FNO2S. The van der Waals surface area contributed by atoms with Gasteiger partial charge in [0.1, 0.15) is 16.2 Å². The molecule has 0 fully saturated rings. The maximum absolute atomic E-state index is 13.5. The molecule has 0 N–H and O–H groups in total. The molecular weight excluding hydrogens is 289 g/mol. The first-order valence-electron chi connectivity index (χ1n) is 6.75. The van der Waals surface area contributed by atoms with Gasteiger partial charge in [-0.15, -0.1) is 11.3 Å². The smallest absolute Gasteiger partial charge is 0.317 e. The van der Waals surface area contributed by atoms with Gasteiger partial charge >= 0.3 is 5.97 Å². The van der Waals surface area contributed by atoms with E-state index in [1.54, 1.807) is 20.8 Å². The van der Waals surface area contributed by atoms with Crippen molar-refractivity contribution in [3.8, 4) is 10.6 Å². The molecule has 0 amide bonds. The van der Waals surface area contributed by atoms with Gasteiger partial charge in [0.25, 0.3) is 0 Å². The van der Waals surface area contributed by atoms with E-state index in [4.69, 9.17) is 4.74 Å². The number of benzene rings is 1. The fourth-order valence-electron chi connectivity index (χ4n) is 1.97. The molecule has 0 unspecified atom stereocenters. The lowest BCUT2D eigenvalue weighted by Crippen LogP contribution is -2.31. The highest BCUT2D eigenvalue weighted by atomic mass is 32.1. The number of rotatable bonds is 4. The van der Waals surface area contributed by atoms with Crippen LogP contribution in [0.5, 0.6) is 0 Å². The summed E-state index contributed by atoms with van der Waals surface area (Å²) in [5.74, 6) is -0.594. The Morgan fingerprint density at radius 1 is 1.38 bits per heavy atom. The Morgan fingerprint density at radius 3 is 2.71 bits per heavy atom. The number of thiazole rings is 1. The second-order valence-electron chi connectivity index (χ2n) is 5.40. The Labute approximate surface area is 127 Å². The minimum atomic E-state index is -0.812. The van der Waals surface area contributed by atoms with Crippen LogP contribution in [0.4, 0.5) is 4.39 Å². The van der Waals surface area contributed by atoms with Crippen LogP contribution in [-0.4, -0.2) is 17.6 Å². The number of nitrogens with zero attached hydrogens (tertiary/aromatic N) is 1. The highest BCUT2D eigenvalue weighted by Crippen LogP contribution is 2.31. The van der Waals surface area contributed by atoms with Crippen molar-refractivity contribution in [2.45, 2.75) is 33.1 Å². The number of ether oxygens (including phenoxy) is 1. The second-order valence-corrected chi connectivity index (χ2v) is 6.26. The molecule has 2 rings (SSSR count). The molecule has 0 spiro atoms. The Bertz CT molecular complexity index is 644. The summed E-state index contributed by atoms with van der Waals surface area (Å²) >= 11 is 1.40. The lowest BCUT2D eigenvalue weighted by Gasteiger charge is -2.19. The maximum Gasteiger partial charge on any atom is 0.317 e. The molecule has 1 heterocycles. The average molecular weight is 307 g/mol. The molecule has 1 aromatic heterocycles. The molecule has 0 saturated heterocycles. The number of hydrogen-bond donors (Lipinski definition) is 0. The fourth-order valence-corrected chi connectivity index (χ4v) is 2.94. The first-order valence-corrected chi connectivity index (χ1v) is 7.63. The van der Waals surface area contributed by atoms with Gasteiger partial charge < -0.3 is 4.74 Å². The predicted molar refractivity (Wildman–Crippen MR) is 81.9 cm³/mol. The van der Waals surface area contributed by atoms with Crippen molar-refractivity contribution in [2.24, 2.45) is 0 Å². The number of aryl methyl sites for hydroxylation is 1. The molecule has 0 atom stereocenters. The van der Waals surface area contributed by atoms with Gasteiger partial charge in [-0.05, 0) is 51.5 Å². The number of esters is 1. The number of aromatic nitrogens is 1. The standard InChI is InChI=1S/C16H18FNO2S/c1-5-20-15(19)16(3,4)13-9-21-14(18-13)11-6-10(2)7-12(17)8-11/h6-9H,5H2,1-4H3. The molecule has 21 heavy (non-hydrogen) atoms. The molecule has 0 bridgehead atoms. The van der Waals surface area contributed by atoms with E-state index < -0.39 is 5.41 Å². The molecule has 0 aliphatic rings. The molecule has 0 saturated carbocycles. The van der Waals surface area contributed by atoms with Crippen molar-refractivity contribution in [3.63, 3.8) is 0 Å². The van der Waals surface area contributed by atoms with Gasteiger partial charge in [-0.2, -0.15) is 0 Å². The van der Waals surface area contributed by atoms with Crippen molar-refractivity contribution in [1.29, 1.82) is 0 Å². The monoisotopic (exact) mass is 307 g/mol. The summed E-state index contributed by atoms with van der Waals surface area (Å²) in [5.41, 5.74) is 1.39. The van der Waals surface area contributed by atoms with Crippen LogP contribution < -0.4 is 0 Å². The predicted octanol–water partition coefficient (Wildman–Crippen LogP) is 4.10. The molecule has 0 aliphatic heterocycles. The van der Waals surface area contributed by atoms with Gasteiger partial charge in [0.05, 0.1) is 12.3 Å². The molecule has 0 radical (unpaired) electrons. The van der Waals surface area contributed by atoms with E-state index >= 15 is 0 Å². The van der Waals surface area contributed by atoms with Crippen LogP contribution in [0.2, 0.25) is 0 Å². The van der Waals surface area contributed by atoms with Gasteiger partial charge in [-0.3, -0.25) is 4.79 Å². The lowest BCUT2D eigenvalue weighted by molar-refractivity contribution is -0.148. The third-order valence-electron chi connectivity index (χ3n) is 3.22. The zero-order valence-electron chi connectivity index (χ0n) is 12.6. The summed E-state index contributed by atoms with van der Waals surface area (Å²) in [6.07, 6.45) is 0. The summed E-state index contributed by atoms with van der Waals surface area (Å²) in [6.45, 7) is 7.50. The van der Waals surface area contributed by atoms with Gasteiger partial charge in [-0.1, -0.05) is 0 Å². The molecule has 3 nitrogen and oxygen atoms in total. The summed E-state index contributed by atoms with van der Waals surface area (Å²) < 4.78 is 18.6. The van der Waals surface area contributed by atoms with Crippen LogP contribution >= 0.6 is 11.3 Å². The van der Waals surface area contributed by atoms with Crippen molar-refractivity contribution in [2.75, 3.05) is 6.61 Å². The van der Waals surface area contributed by atoms with Crippen LogP contribution in [0.25, 0.3) is 10.6 Å². The first-order chi connectivity index (χ1) is 9.84. The van der Waals surface area contributed by atoms with Crippen LogP contribution in [-0.2, 0) is 14.9 Å². The molecule has 5 heteroatoms. The summed E-state index contributed by atoms with van der Waals surface area (Å²) in [5, 5.41) is 2.52. The van der Waals surface area contributed by atoms with E-state index in [1.165, 1.54) is 23.5 Å². The SMILES string of the molecule is CCOC(=O)C(C)(C)c1csc(-c2cc(C)cc(F)c2)n1. The van der Waals surface area contributed by atoms with E-state index in [9.17, 15) is 9.18 Å². The third-order valence-corrected chi connectivity index (χ3v) is 4.11.